The summed E-state index contributed by atoms with van der Waals surface area (Å²) in [7, 11) is 0. The van der Waals surface area contributed by atoms with Crippen molar-refractivity contribution in [3.05, 3.63) is 59.7 Å². The highest BCUT2D eigenvalue weighted by molar-refractivity contribution is 5.85. The van der Waals surface area contributed by atoms with Gasteiger partial charge >= 0.3 is 0 Å². The molecule has 132 valence electrons. The van der Waals surface area contributed by atoms with E-state index >= 15 is 0 Å². The molecule has 0 heterocycles. The average molecular weight is 342 g/mol. The molecule has 0 unspecified atom stereocenters. The van der Waals surface area contributed by atoms with Gasteiger partial charge < -0.3 is 9.47 Å². The fourth-order valence-corrected chi connectivity index (χ4v) is 2.15. The molecule has 6 nitrogen and oxygen atoms in total. The van der Waals surface area contributed by atoms with Crippen molar-refractivity contribution in [1.29, 1.82) is 0 Å². The summed E-state index contributed by atoms with van der Waals surface area (Å²) in [6.45, 7) is 5.25. The summed E-state index contributed by atoms with van der Waals surface area (Å²) < 4.78 is 11.0. The number of para-hydroxylation sites is 2. The first-order valence-corrected chi connectivity index (χ1v) is 7.97. The maximum atomic E-state index is 12.1. The number of benzene rings is 2. The van der Waals surface area contributed by atoms with Crippen molar-refractivity contribution in [3.8, 4) is 11.5 Å². The minimum Gasteiger partial charge on any atom is -0.484 e. The quantitative estimate of drug-likeness (QED) is 0.790. The van der Waals surface area contributed by atoms with Gasteiger partial charge in [-0.1, -0.05) is 36.4 Å². The van der Waals surface area contributed by atoms with E-state index in [0.717, 1.165) is 11.1 Å². The van der Waals surface area contributed by atoms with Crippen LogP contribution in [-0.4, -0.2) is 24.5 Å². The summed E-state index contributed by atoms with van der Waals surface area (Å²) in [4.78, 5) is 23.8. The molecule has 0 aliphatic carbocycles. The highest BCUT2D eigenvalue weighted by atomic mass is 16.5. The molecule has 0 radical (unpaired) electrons. The van der Waals surface area contributed by atoms with Crippen molar-refractivity contribution in [2.75, 3.05) is 6.61 Å². The first-order valence-electron chi connectivity index (χ1n) is 7.97. The molecule has 25 heavy (non-hydrogen) atoms. The number of carbonyl (C=O) groups is 2. The molecule has 0 spiro atoms. The van der Waals surface area contributed by atoms with Crippen LogP contribution in [0.5, 0.6) is 11.5 Å². The molecule has 0 aliphatic rings. The summed E-state index contributed by atoms with van der Waals surface area (Å²) >= 11 is 0. The van der Waals surface area contributed by atoms with E-state index in [0.29, 0.717) is 11.5 Å². The minimum absolute atomic E-state index is 0.198. The monoisotopic (exact) mass is 342 g/mol. The smallest absolute Gasteiger partial charge is 0.279 e. The lowest BCUT2D eigenvalue weighted by Gasteiger charge is -2.18. The summed E-state index contributed by atoms with van der Waals surface area (Å²) in [5.74, 6) is 0.340. The number of hydrogen-bond acceptors (Lipinski definition) is 4. The Bertz CT molecular complexity index is 711. The Hall–Kier alpha value is -3.02. The summed E-state index contributed by atoms with van der Waals surface area (Å²) in [6.07, 6.45) is -0.754. The van der Waals surface area contributed by atoms with E-state index in [-0.39, 0.29) is 6.61 Å². The topological polar surface area (TPSA) is 76.7 Å². The Balaban J connectivity index is 1.78. The van der Waals surface area contributed by atoms with Gasteiger partial charge in [-0.25, -0.2) is 0 Å². The van der Waals surface area contributed by atoms with Crippen LogP contribution in [0.1, 0.15) is 18.1 Å². The molecular formula is C19H22N2O4. The number of rotatable bonds is 6. The third-order valence-corrected chi connectivity index (χ3v) is 3.51. The molecule has 2 rings (SSSR count). The molecule has 0 aliphatic heterocycles. The normalized spacial score (nSPS) is 11.3. The van der Waals surface area contributed by atoms with Crippen LogP contribution in [0.25, 0.3) is 0 Å². The van der Waals surface area contributed by atoms with E-state index < -0.39 is 17.9 Å². The number of aryl methyl sites for hydroxylation is 2. The molecule has 2 aromatic rings. The number of hydrazine groups is 1. The van der Waals surface area contributed by atoms with Crippen molar-refractivity contribution in [3.63, 3.8) is 0 Å². The maximum absolute atomic E-state index is 12.1. The minimum atomic E-state index is -0.754. The Labute approximate surface area is 147 Å². The van der Waals surface area contributed by atoms with Crippen LogP contribution in [0, 0.1) is 13.8 Å². The van der Waals surface area contributed by atoms with Crippen LogP contribution in [0.2, 0.25) is 0 Å². The van der Waals surface area contributed by atoms with Gasteiger partial charge in [-0.2, -0.15) is 0 Å². The van der Waals surface area contributed by atoms with E-state index in [1.165, 1.54) is 0 Å². The zero-order valence-corrected chi connectivity index (χ0v) is 14.5. The van der Waals surface area contributed by atoms with Crippen molar-refractivity contribution in [1.82, 2.24) is 10.9 Å². The van der Waals surface area contributed by atoms with Crippen molar-refractivity contribution in [2.45, 2.75) is 26.9 Å². The van der Waals surface area contributed by atoms with E-state index in [2.05, 4.69) is 10.9 Å². The standard InChI is InChI=1S/C19H22N2O4/c1-13-8-7-9-14(2)18(13)25-15(3)19(23)21-20-17(22)12-24-16-10-5-4-6-11-16/h4-11,15H,12H2,1-3H3,(H,20,22)(H,21,23)/t15-/m1/s1. The third kappa shape index (κ3) is 5.53. The van der Waals surface area contributed by atoms with Crippen LogP contribution >= 0.6 is 0 Å². The van der Waals surface area contributed by atoms with Gasteiger partial charge in [-0.3, -0.25) is 20.4 Å². The molecule has 0 saturated heterocycles. The van der Waals surface area contributed by atoms with Gasteiger partial charge in [0.25, 0.3) is 11.8 Å². The Kier molecular flexibility index (Phi) is 6.39. The lowest BCUT2D eigenvalue weighted by atomic mass is 10.1. The van der Waals surface area contributed by atoms with E-state index in [1.54, 1.807) is 19.1 Å². The second-order valence-corrected chi connectivity index (χ2v) is 5.62. The second-order valence-electron chi connectivity index (χ2n) is 5.62. The van der Waals surface area contributed by atoms with Gasteiger partial charge in [0.2, 0.25) is 0 Å². The first kappa shape index (κ1) is 18.3. The van der Waals surface area contributed by atoms with Gasteiger partial charge in [0, 0.05) is 0 Å². The van der Waals surface area contributed by atoms with E-state index in [4.69, 9.17) is 9.47 Å². The molecule has 1 atom stereocenters. The number of ether oxygens (including phenoxy) is 2. The van der Waals surface area contributed by atoms with Gasteiger partial charge in [0.1, 0.15) is 11.5 Å². The third-order valence-electron chi connectivity index (χ3n) is 3.51. The highest BCUT2D eigenvalue weighted by Gasteiger charge is 2.17. The molecule has 6 heteroatoms. The average Bonchev–Trinajstić information content (AvgIpc) is 2.61. The lowest BCUT2D eigenvalue weighted by Crippen LogP contribution is -2.48. The molecule has 2 N–H and O–H groups in total. The van der Waals surface area contributed by atoms with Gasteiger partial charge in [-0.05, 0) is 44.0 Å². The Morgan fingerprint density at radius 2 is 1.60 bits per heavy atom. The summed E-state index contributed by atoms with van der Waals surface area (Å²) in [5.41, 5.74) is 6.53. The number of carbonyl (C=O) groups excluding carboxylic acids is 2. The molecule has 2 aromatic carbocycles. The van der Waals surface area contributed by atoms with E-state index in [1.807, 2.05) is 50.2 Å². The Morgan fingerprint density at radius 1 is 0.960 bits per heavy atom. The molecule has 0 saturated carbocycles. The van der Waals surface area contributed by atoms with Crippen molar-refractivity contribution >= 4 is 11.8 Å². The number of amides is 2. The van der Waals surface area contributed by atoms with Crippen molar-refractivity contribution < 1.29 is 19.1 Å². The van der Waals surface area contributed by atoms with E-state index in [9.17, 15) is 9.59 Å². The van der Waals surface area contributed by atoms with Gasteiger partial charge in [-0.15, -0.1) is 0 Å². The fourth-order valence-electron chi connectivity index (χ4n) is 2.15. The van der Waals surface area contributed by atoms with Crippen molar-refractivity contribution in [2.24, 2.45) is 0 Å². The molecule has 0 bridgehead atoms. The van der Waals surface area contributed by atoms with Crippen LogP contribution in [0.15, 0.2) is 48.5 Å². The number of hydrogen-bond donors (Lipinski definition) is 2. The van der Waals surface area contributed by atoms with Crippen LogP contribution < -0.4 is 20.3 Å². The van der Waals surface area contributed by atoms with Gasteiger partial charge in [0.05, 0.1) is 0 Å². The molecular weight excluding hydrogens is 320 g/mol. The van der Waals surface area contributed by atoms with Gasteiger partial charge in [0.15, 0.2) is 12.7 Å². The van der Waals surface area contributed by atoms with Crippen LogP contribution in [0.4, 0.5) is 0 Å². The predicted molar refractivity (Wildman–Crippen MR) is 94.2 cm³/mol. The Morgan fingerprint density at radius 3 is 2.24 bits per heavy atom. The molecule has 0 aromatic heterocycles. The first-order chi connectivity index (χ1) is 12.0. The largest absolute Gasteiger partial charge is 0.484 e. The molecule has 2 amide bonds. The molecule has 0 fully saturated rings. The highest BCUT2D eigenvalue weighted by Crippen LogP contribution is 2.23. The predicted octanol–water partition coefficient (Wildman–Crippen LogP) is 2.30. The zero-order valence-electron chi connectivity index (χ0n) is 14.5. The summed E-state index contributed by atoms with van der Waals surface area (Å²) in [5, 5.41) is 0. The SMILES string of the molecule is Cc1cccc(C)c1O[C@H](C)C(=O)NNC(=O)COc1ccccc1. The summed E-state index contributed by atoms with van der Waals surface area (Å²) in [6, 6.07) is 14.7. The van der Waals surface area contributed by atoms with Crippen LogP contribution in [0.3, 0.4) is 0 Å². The van der Waals surface area contributed by atoms with Crippen LogP contribution in [-0.2, 0) is 9.59 Å². The zero-order chi connectivity index (χ0) is 18.2. The fraction of sp³-hybridized carbons (Fsp3) is 0.263. The number of nitrogens with one attached hydrogen (secondary N) is 2. The second kappa shape index (κ2) is 8.73. The lowest BCUT2D eigenvalue weighted by molar-refractivity contribution is -0.133. The maximum Gasteiger partial charge on any atom is 0.279 e.